The van der Waals surface area contributed by atoms with Crippen molar-refractivity contribution in [2.45, 2.75) is 0 Å². The molecule has 294 valence electrons. The summed E-state index contributed by atoms with van der Waals surface area (Å²) in [6.07, 6.45) is 0. The Morgan fingerprint density at radius 3 is 1.63 bits per heavy atom. The third-order valence-corrected chi connectivity index (χ3v) is 12.4. The highest BCUT2D eigenvalue weighted by atomic mass is 16.3. The van der Waals surface area contributed by atoms with Gasteiger partial charge < -0.3 is 8.98 Å². The van der Waals surface area contributed by atoms with Crippen molar-refractivity contribution in [3.63, 3.8) is 0 Å². The Bertz CT molecular complexity index is 3850. The van der Waals surface area contributed by atoms with Crippen LogP contribution in [0.3, 0.4) is 0 Å². The van der Waals surface area contributed by atoms with E-state index in [2.05, 4.69) is 155 Å². The van der Waals surface area contributed by atoms with Gasteiger partial charge in [0.2, 0.25) is 5.95 Å². The zero-order chi connectivity index (χ0) is 41.4. The van der Waals surface area contributed by atoms with Gasteiger partial charge in [0.25, 0.3) is 0 Å². The fourth-order valence-corrected chi connectivity index (χ4v) is 9.53. The van der Waals surface area contributed by atoms with Crippen LogP contribution < -0.4 is 0 Å². The first kappa shape index (κ1) is 35.2. The molecule has 0 aliphatic carbocycles. The van der Waals surface area contributed by atoms with E-state index in [0.717, 1.165) is 88.3 Å². The van der Waals surface area contributed by atoms with Crippen molar-refractivity contribution in [2.24, 2.45) is 0 Å². The molecule has 63 heavy (non-hydrogen) atoms. The first-order valence-electron chi connectivity index (χ1n) is 21.2. The summed E-state index contributed by atoms with van der Waals surface area (Å²) < 4.78 is 11.4. The molecule has 4 heterocycles. The molecule has 13 rings (SSSR count). The minimum absolute atomic E-state index is 0.529. The second-order valence-corrected chi connectivity index (χ2v) is 16.0. The van der Waals surface area contributed by atoms with Crippen molar-refractivity contribution in [3.05, 3.63) is 212 Å². The number of aromatic nitrogens is 5. The van der Waals surface area contributed by atoms with Crippen molar-refractivity contribution in [3.8, 4) is 56.7 Å². The van der Waals surface area contributed by atoms with Gasteiger partial charge in [-0.3, -0.25) is 4.57 Å². The highest BCUT2D eigenvalue weighted by molar-refractivity contribution is 6.27. The minimum atomic E-state index is 0.529. The molecule has 0 N–H and O–H groups in total. The number of furan rings is 1. The van der Waals surface area contributed by atoms with Crippen LogP contribution in [0, 0.1) is 0 Å². The summed E-state index contributed by atoms with van der Waals surface area (Å²) >= 11 is 0. The molecule has 0 fully saturated rings. The molecule has 0 unspecified atom stereocenters. The van der Waals surface area contributed by atoms with E-state index in [1.165, 1.54) is 16.3 Å². The summed E-state index contributed by atoms with van der Waals surface area (Å²) in [5.74, 6) is 1.73. The van der Waals surface area contributed by atoms with Crippen molar-refractivity contribution in [1.29, 1.82) is 0 Å². The fourth-order valence-electron chi connectivity index (χ4n) is 9.53. The first-order chi connectivity index (χ1) is 31.2. The van der Waals surface area contributed by atoms with E-state index in [-0.39, 0.29) is 0 Å². The molecule has 0 atom stereocenters. The predicted octanol–water partition coefficient (Wildman–Crippen LogP) is 14.6. The minimum Gasteiger partial charge on any atom is -0.455 e. The monoisotopic (exact) mass is 805 g/mol. The molecular weight excluding hydrogens is 771 g/mol. The van der Waals surface area contributed by atoms with Crippen LogP contribution in [-0.4, -0.2) is 24.1 Å². The maximum atomic E-state index is 6.84. The van der Waals surface area contributed by atoms with E-state index in [4.69, 9.17) is 19.4 Å². The smallest absolute Gasteiger partial charge is 0.238 e. The Labute approximate surface area is 361 Å². The number of hydrogen-bond acceptors (Lipinski definition) is 4. The molecule has 0 bridgehead atoms. The molecule has 13 aromatic rings. The van der Waals surface area contributed by atoms with Crippen LogP contribution in [0.5, 0.6) is 0 Å². The van der Waals surface area contributed by atoms with Crippen molar-refractivity contribution in [1.82, 2.24) is 24.1 Å². The molecule has 0 saturated carbocycles. The summed E-state index contributed by atoms with van der Waals surface area (Å²) in [5, 5.41) is 6.64. The summed E-state index contributed by atoms with van der Waals surface area (Å²) in [6.45, 7) is 0. The topological polar surface area (TPSA) is 61.7 Å². The number of benzene rings is 9. The molecule has 6 heteroatoms. The molecular formula is C57H35N5O. The van der Waals surface area contributed by atoms with E-state index < -0.39 is 0 Å². The van der Waals surface area contributed by atoms with E-state index >= 15 is 0 Å². The molecule has 9 aromatic carbocycles. The van der Waals surface area contributed by atoms with Crippen molar-refractivity contribution in [2.75, 3.05) is 0 Å². The lowest BCUT2D eigenvalue weighted by Gasteiger charge is -2.14. The Morgan fingerprint density at radius 2 is 0.905 bits per heavy atom. The van der Waals surface area contributed by atoms with Gasteiger partial charge >= 0.3 is 0 Å². The second kappa shape index (κ2) is 14.0. The van der Waals surface area contributed by atoms with Crippen LogP contribution in [0.25, 0.3) is 122 Å². The normalized spacial score (nSPS) is 11.8. The molecule has 0 radical (unpaired) electrons. The molecule has 0 amide bonds. The molecule has 6 nitrogen and oxygen atoms in total. The average Bonchev–Trinajstić information content (AvgIpc) is 4.02. The zero-order valence-corrected chi connectivity index (χ0v) is 33.9. The van der Waals surface area contributed by atoms with Gasteiger partial charge in [0.1, 0.15) is 11.2 Å². The number of para-hydroxylation sites is 4. The van der Waals surface area contributed by atoms with Gasteiger partial charge in [-0.2, -0.15) is 9.97 Å². The summed E-state index contributed by atoms with van der Waals surface area (Å²) in [4.78, 5) is 15.6. The standard InChI is InChI=1S/C57H35N5O/c1-4-17-36(18-5-1)55-58-56(37-19-6-2-7-20-37)60-57(59-55)62-49-29-14-11-27-45(49)52-53(62)46(35-47-44-26-12-15-30-51(44)63-54(47)52)40-22-16-21-38(33-40)39-31-32-43-42-25-10-13-28-48(42)61(50(43)34-39)41-23-8-3-9-24-41/h1-35H. The lowest BCUT2D eigenvalue weighted by molar-refractivity contribution is 0.673. The van der Waals surface area contributed by atoms with Gasteiger partial charge in [-0.25, -0.2) is 4.98 Å². The lowest BCUT2D eigenvalue weighted by Crippen LogP contribution is -2.07. The molecule has 0 aliphatic rings. The number of rotatable bonds is 6. The molecule has 0 spiro atoms. The molecule has 0 aliphatic heterocycles. The summed E-state index contributed by atoms with van der Waals surface area (Å²) in [6, 6.07) is 74.5. The largest absolute Gasteiger partial charge is 0.455 e. The number of nitrogens with zero attached hydrogens (tertiary/aromatic N) is 5. The van der Waals surface area contributed by atoms with E-state index in [0.29, 0.717) is 17.6 Å². The average molecular weight is 806 g/mol. The van der Waals surface area contributed by atoms with Crippen LogP contribution in [0.15, 0.2) is 217 Å². The number of hydrogen-bond donors (Lipinski definition) is 0. The second-order valence-electron chi connectivity index (χ2n) is 16.0. The predicted molar refractivity (Wildman–Crippen MR) is 258 cm³/mol. The molecule has 4 aromatic heterocycles. The Kier molecular flexibility index (Phi) is 7.80. The van der Waals surface area contributed by atoms with Gasteiger partial charge in [0.05, 0.1) is 27.5 Å². The summed E-state index contributed by atoms with van der Waals surface area (Å²) in [7, 11) is 0. The quantitative estimate of drug-likeness (QED) is 0.168. The zero-order valence-electron chi connectivity index (χ0n) is 33.9. The van der Waals surface area contributed by atoms with Crippen LogP contribution in [0.4, 0.5) is 0 Å². The van der Waals surface area contributed by atoms with E-state index in [9.17, 15) is 0 Å². The lowest BCUT2D eigenvalue weighted by atomic mass is 9.95. The Hall–Kier alpha value is -8.61. The maximum Gasteiger partial charge on any atom is 0.238 e. The van der Waals surface area contributed by atoms with Crippen LogP contribution in [0.2, 0.25) is 0 Å². The van der Waals surface area contributed by atoms with Gasteiger partial charge in [-0.05, 0) is 65.2 Å². The van der Waals surface area contributed by atoms with Gasteiger partial charge in [-0.15, -0.1) is 0 Å². The van der Waals surface area contributed by atoms with Gasteiger partial charge in [-0.1, -0.05) is 164 Å². The number of fused-ring (bicyclic) bond motifs is 10. The third-order valence-electron chi connectivity index (χ3n) is 12.4. The fraction of sp³-hybridized carbons (Fsp3) is 0. The first-order valence-corrected chi connectivity index (χ1v) is 21.2. The third kappa shape index (κ3) is 5.55. The van der Waals surface area contributed by atoms with Crippen molar-refractivity contribution >= 4 is 65.6 Å². The SMILES string of the molecule is c1ccc(-c2nc(-c3ccccc3)nc(-n3c4ccccc4c4c5oc6ccccc6c5cc(-c5cccc(-c6ccc7c8ccccc8n(-c8ccccc8)c7c6)c5)c43)n2)cc1. The summed E-state index contributed by atoms with van der Waals surface area (Å²) in [5.41, 5.74) is 13.3. The Morgan fingerprint density at radius 1 is 0.349 bits per heavy atom. The van der Waals surface area contributed by atoms with Crippen LogP contribution in [0.1, 0.15) is 0 Å². The maximum absolute atomic E-state index is 6.84. The van der Waals surface area contributed by atoms with Crippen LogP contribution in [-0.2, 0) is 0 Å². The van der Waals surface area contributed by atoms with Gasteiger partial charge in [0.15, 0.2) is 11.6 Å². The van der Waals surface area contributed by atoms with E-state index in [1.807, 2.05) is 66.7 Å². The van der Waals surface area contributed by atoms with Crippen LogP contribution >= 0.6 is 0 Å². The van der Waals surface area contributed by atoms with Crippen molar-refractivity contribution < 1.29 is 4.42 Å². The highest BCUT2D eigenvalue weighted by Crippen LogP contribution is 2.46. The Balaban J connectivity index is 1.10. The highest BCUT2D eigenvalue weighted by Gasteiger charge is 2.25. The molecule has 0 saturated heterocycles. The van der Waals surface area contributed by atoms with Gasteiger partial charge in [0, 0.05) is 49.3 Å². The van der Waals surface area contributed by atoms with E-state index in [1.54, 1.807) is 0 Å².